The average Bonchev–Trinajstić information content (AvgIpc) is 3.54. The van der Waals surface area contributed by atoms with Crippen LogP contribution in [0.1, 0.15) is 42.4 Å². The van der Waals surface area contributed by atoms with E-state index in [2.05, 4.69) is 31.2 Å². The van der Waals surface area contributed by atoms with E-state index in [9.17, 15) is 4.79 Å². The van der Waals surface area contributed by atoms with E-state index in [1.807, 2.05) is 92.8 Å². The van der Waals surface area contributed by atoms with Crippen molar-refractivity contribution >= 4 is 28.9 Å². The number of ether oxygens (including phenoxy) is 1. The first-order chi connectivity index (χ1) is 18.5. The number of benzene rings is 2. The van der Waals surface area contributed by atoms with Crippen LogP contribution in [-0.2, 0) is 4.79 Å². The zero-order valence-electron chi connectivity index (χ0n) is 21.5. The number of carbonyl (C=O) groups is 1. The maximum absolute atomic E-state index is 12.9. The number of anilines is 1. The summed E-state index contributed by atoms with van der Waals surface area (Å²) in [5.74, 6) is 0.783. The standard InChI is InChI=1S/C30H31N5O2S/c1-3-37-23-15-13-22(14-16-23)34-19-8-12-26(34)29-28(25-11-6-7-18-31-25)33-30(38)35(29)20-17-27(36)32-24-10-5-4-9-21(24)2/h4-16,18-19,28-29H,3,17,20H2,1-2H3,(H,32,36)(H,33,38)/t28-,29+/m0/s1. The molecule has 194 valence electrons. The van der Waals surface area contributed by atoms with Crippen LogP contribution in [-0.4, -0.2) is 38.6 Å². The highest BCUT2D eigenvalue weighted by Gasteiger charge is 2.41. The topological polar surface area (TPSA) is 71.4 Å². The SMILES string of the molecule is CCOc1ccc(-n2cccc2[C@@H]2[C@H](c3ccccn3)NC(=S)N2CCC(=O)Nc2ccccc2C)cc1. The minimum atomic E-state index is -0.167. The molecule has 1 fully saturated rings. The zero-order chi connectivity index (χ0) is 26.5. The number of nitrogens with zero attached hydrogens (tertiary/aromatic N) is 3. The highest BCUT2D eigenvalue weighted by atomic mass is 32.1. The first kappa shape index (κ1) is 25.5. The largest absolute Gasteiger partial charge is 0.494 e. The minimum Gasteiger partial charge on any atom is -0.494 e. The number of para-hydroxylation sites is 1. The molecule has 0 radical (unpaired) electrons. The van der Waals surface area contributed by atoms with Crippen molar-refractivity contribution in [2.24, 2.45) is 0 Å². The molecule has 2 N–H and O–H groups in total. The lowest BCUT2D eigenvalue weighted by Gasteiger charge is -2.29. The number of aromatic nitrogens is 2. The van der Waals surface area contributed by atoms with Crippen molar-refractivity contribution in [3.63, 3.8) is 0 Å². The number of carbonyl (C=O) groups excluding carboxylic acids is 1. The lowest BCUT2D eigenvalue weighted by atomic mass is 10.0. The Kier molecular flexibility index (Phi) is 7.70. The van der Waals surface area contributed by atoms with Crippen molar-refractivity contribution in [3.8, 4) is 11.4 Å². The predicted molar refractivity (Wildman–Crippen MR) is 154 cm³/mol. The monoisotopic (exact) mass is 525 g/mol. The molecule has 0 bridgehead atoms. The Morgan fingerprint density at radius 3 is 2.58 bits per heavy atom. The fourth-order valence-electron chi connectivity index (χ4n) is 4.86. The van der Waals surface area contributed by atoms with Gasteiger partial charge in [-0.05, 0) is 86.2 Å². The highest BCUT2D eigenvalue weighted by Crippen LogP contribution is 2.39. The van der Waals surface area contributed by atoms with Crippen LogP contribution in [0.4, 0.5) is 5.69 Å². The van der Waals surface area contributed by atoms with E-state index in [0.717, 1.165) is 34.1 Å². The minimum absolute atomic E-state index is 0.0518. The van der Waals surface area contributed by atoms with E-state index in [1.54, 1.807) is 6.20 Å². The van der Waals surface area contributed by atoms with Crippen LogP contribution in [0.25, 0.3) is 5.69 Å². The third-order valence-electron chi connectivity index (χ3n) is 6.71. The molecule has 5 rings (SSSR count). The van der Waals surface area contributed by atoms with E-state index in [0.29, 0.717) is 24.7 Å². The van der Waals surface area contributed by atoms with Gasteiger partial charge in [0.2, 0.25) is 5.91 Å². The summed E-state index contributed by atoms with van der Waals surface area (Å²) in [6.07, 6.45) is 4.14. The lowest BCUT2D eigenvalue weighted by Crippen LogP contribution is -2.33. The molecule has 0 saturated carbocycles. The summed E-state index contributed by atoms with van der Waals surface area (Å²) in [6, 6.07) is 25.5. The van der Waals surface area contributed by atoms with Crippen LogP contribution in [0.3, 0.4) is 0 Å². The molecule has 1 saturated heterocycles. The summed E-state index contributed by atoms with van der Waals surface area (Å²) in [7, 11) is 0. The maximum atomic E-state index is 12.9. The summed E-state index contributed by atoms with van der Waals surface area (Å²) in [5, 5.41) is 7.12. The molecule has 3 heterocycles. The van der Waals surface area contributed by atoms with Gasteiger partial charge in [0.15, 0.2) is 5.11 Å². The van der Waals surface area contributed by atoms with Crippen molar-refractivity contribution < 1.29 is 9.53 Å². The van der Waals surface area contributed by atoms with E-state index in [4.69, 9.17) is 17.0 Å². The van der Waals surface area contributed by atoms with Gasteiger partial charge in [0, 0.05) is 42.4 Å². The van der Waals surface area contributed by atoms with Crippen molar-refractivity contribution in [3.05, 3.63) is 108 Å². The second-order valence-corrected chi connectivity index (χ2v) is 9.55. The van der Waals surface area contributed by atoms with Crippen LogP contribution >= 0.6 is 12.2 Å². The number of hydrogen-bond acceptors (Lipinski definition) is 4. The number of thiocarbonyl (C=S) groups is 1. The van der Waals surface area contributed by atoms with Crippen LogP contribution in [0.15, 0.2) is 91.3 Å². The molecule has 2 atom stereocenters. The zero-order valence-corrected chi connectivity index (χ0v) is 22.3. The average molecular weight is 526 g/mol. The van der Waals surface area contributed by atoms with Gasteiger partial charge in [0.1, 0.15) is 5.75 Å². The van der Waals surface area contributed by atoms with Gasteiger partial charge in [-0.15, -0.1) is 0 Å². The summed E-state index contributed by atoms with van der Waals surface area (Å²) in [5.41, 5.74) is 4.82. The first-order valence-electron chi connectivity index (χ1n) is 12.8. The van der Waals surface area contributed by atoms with Gasteiger partial charge in [-0.3, -0.25) is 9.78 Å². The summed E-state index contributed by atoms with van der Waals surface area (Å²) in [4.78, 5) is 19.7. The summed E-state index contributed by atoms with van der Waals surface area (Å²) < 4.78 is 7.79. The molecule has 7 nitrogen and oxygen atoms in total. The van der Waals surface area contributed by atoms with Crippen LogP contribution in [0.2, 0.25) is 0 Å². The maximum Gasteiger partial charge on any atom is 0.226 e. The predicted octanol–water partition coefficient (Wildman–Crippen LogP) is 5.58. The molecule has 0 spiro atoms. The normalized spacial score (nSPS) is 16.8. The third-order valence-corrected chi connectivity index (χ3v) is 7.06. The third kappa shape index (κ3) is 5.40. The smallest absolute Gasteiger partial charge is 0.226 e. The molecular weight excluding hydrogens is 494 g/mol. The van der Waals surface area contributed by atoms with Crippen molar-refractivity contribution in [1.29, 1.82) is 0 Å². The molecule has 0 unspecified atom stereocenters. The molecule has 1 aliphatic heterocycles. The van der Waals surface area contributed by atoms with Crippen LogP contribution in [0.5, 0.6) is 5.75 Å². The van der Waals surface area contributed by atoms with Gasteiger partial charge in [0.25, 0.3) is 0 Å². The molecule has 38 heavy (non-hydrogen) atoms. The molecule has 1 aliphatic rings. The van der Waals surface area contributed by atoms with Crippen molar-refractivity contribution in [1.82, 2.24) is 19.8 Å². The molecule has 4 aromatic rings. The van der Waals surface area contributed by atoms with Gasteiger partial charge in [-0.1, -0.05) is 24.3 Å². The number of rotatable bonds is 9. The number of aryl methyl sites for hydroxylation is 1. The quantitative estimate of drug-likeness (QED) is 0.278. The molecule has 1 amide bonds. The van der Waals surface area contributed by atoms with Crippen molar-refractivity contribution in [2.75, 3.05) is 18.5 Å². The number of hydrogen-bond donors (Lipinski definition) is 2. The number of amides is 1. The highest BCUT2D eigenvalue weighted by molar-refractivity contribution is 7.80. The van der Waals surface area contributed by atoms with E-state index in [1.165, 1.54) is 0 Å². The van der Waals surface area contributed by atoms with Crippen LogP contribution < -0.4 is 15.4 Å². The summed E-state index contributed by atoms with van der Waals surface area (Å²) in [6.45, 7) is 5.04. The second-order valence-electron chi connectivity index (χ2n) is 9.16. The van der Waals surface area contributed by atoms with E-state index in [-0.39, 0.29) is 18.0 Å². The molecule has 0 aliphatic carbocycles. The van der Waals surface area contributed by atoms with Gasteiger partial charge in [0.05, 0.1) is 24.4 Å². The first-order valence-corrected chi connectivity index (χ1v) is 13.2. The van der Waals surface area contributed by atoms with Gasteiger partial charge in [-0.25, -0.2) is 0 Å². The Bertz CT molecular complexity index is 1400. The molecular formula is C30H31N5O2S. The van der Waals surface area contributed by atoms with Crippen molar-refractivity contribution in [2.45, 2.75) is 32.4 Å². The number of pyridine rings is 1. The van der Waals surface area contributed by atoms with E-state index < -0.39 is 0 Å². The summed E-state index contributed by atoms with van der Waals surface area (Å²) >= 11 is 5.81. The Balaban J connectivity index is 1.43. The Morgan fingerprint density at radius 2 is 1.84 bits per heavy atom. The number of nitrogens with one attached hydrogen (secondary N) is 2. The Labute approximate surface area is 228 Å². The Hall–Kier alpha value is -4.17. The lowest BCUT2D eigenvalue weighted by molar-refractivity contribution is -0.116. The van der Waals surface area contributed by atoms with E-state index >= 15 is 0 Å². The molecule has 2 aromatic heterocycles. The van der Waals surface area contributed by atoms with Gasteiger partial charge < -0.3 is 24.8 Å². The second kappa shape index (κ2) is 11.5. The molecule has 8 heteroatoms. The molecule has 2 aromatic carbocycles. The van der Waals surface area contributed by atoms with Gasteiger partial charge in [-0.2, -0.15) is 0 Å². The van der Waals surface area contributed by atoms with Crippen LogP contribution in [0, 0.1) is 6.92 Å². The fourth-order valence-corrected chi connectivity index (χ4v) is 5.19. The fraction of sp³-hybridized carbons (Fsp3) is 0.233. The van der Waals surface area contributed by atoms with Gasteiger partial charge >= 0.3 is 0 Å². The Morgan fingerprint density at radius 1 is 1.05 bits per heavy atom.